The molecule has 0 fully saturated rings. The van der Waals surface area contributed by atoms with Gasteiger partial charge in [-0.3, -0.25) is 0 Å². The highest BCUT2D eigenvalue weighted by Crippen LogP contribution is 2.24. The molecule has 0 bridgehead atoms. The molecule has 0 saturated heterocycles. The smallest absolute Gasteiger partial charge is 0.131 e. The summed E-state index contributed by atoms with van der Waals surface area (Å²) < 4.78 is 18.3. The minimum atomic E-state index is -0.261. The van der Waals surface area contributed by atoms with Crippen molar-refractivity contribution in [2.45, 2.75) is 6.54 Å². The van der Waals surface area contributed by atoms with Gasteiger partial charge in [-0.15, -0.1) is 0 Å². The van der Waals surface area contributed by atoms with E-state index >= 15 is 0 Å². The molecule has 0 aliphatic carbocycles. The van der Waals surface area contributed by atoms with E-state index < -0.39 is 0 Å². The number of furan rings is 1. The van der Waals surface area contributed by atoms with Gasteiger partial charge in [0.15, 0.2) is 0 Å². The highest BCUT2D eigenvalue weighted by atomic mass is 19.1. The molecule has 3 heteroatoms. The normalized spacial score (nSPS) is 10.4. The van der Waals surface area contributed by atoms with Crippen LogP contribution in [0.1, 0.15) is 5.56 Å². The van der Waals surface area contributed by atoms with Crippen molar-refractivity contribution in [2.24, 2.45) is 5.73 Å². The van der Waals surface area contributed by atoms with Gasteiger partial charge >= 0.3 is 0 Å². The maximum Gasteiger partial charge on any atom is 0.131 e. The number of halogens is 1. The lowest BCUT2D eigenvalue weighted by Gasteiger charge is -2.02. The van der Waals surface area contributed by atoms with Crippen LogP contribution in [0.4, 0.5) is 4.39 Å². The van der Waals surface area contributed by atoms with Gasteiger partial charge < -0.3 is 10.2 Å². The van der Waals surface area contributed by atoms with Crippen LogP contribution in [-0.2, 0) is 6.54 Å². The lowest BCUT2D eigenvalue weighted by atomic mass is 10.1. The van der Waals surface area contributed by atoms with Gasteiger partial charge in [0.25, 0.3) is 0 Å². The Morgan fingerprint density at radius 3 is 2.79 bits per heavy atom. The molecule has 1 aromatic carbocycles. The number of rotatable bonds is 2. The largest absolute Gasteiger partial charge is 0.472 e. The van der Waals surface area contributed by atoms with E-state index in [4.69, 9.17) is 10.2 Å². The first kappa shape index (κ1) is 8.97. The SMILES string of the molecule is NCc1ccc(F)c(-c2ccoc2)c1. The Bertz CT molecular complexity index is 423. The minimum absolute atomic E-state index is 0.261. The number of hydrogen-bond donors (Lipinski definition) is 1. The molecule has 0 saturated carbocycles. The molecule has 0 radical (unpaired) electrons. The van der Waals surface area contributed by atoms with Gasteiger partial charge in [-0.05, 0) is 23.8 Å². The maximum atomic E-state index is 13.4. The highest BCUT2D eigenvalue weighted by molar-refractivity contribution is 5.63. The Kier molecular flexibility index (Phi) is 2.33. The fourth-order valence-electron chi connectivity index (χ4n) is 1.34. The summed E-state index contributed by atoms with van der Waals surface area (Å²) in [4.78, 5) is 0. The Hall–Kier alpha value is -1.61. The second-order valence-corrected chi connectivity index (χ2v) is 3.03. The third-order valence-corrected chi connectivity index (χ3v) is 2.10. The molecule has 0 amide bonds. The predicted octanol–water partition coefficient (Wildman–Crippen LogP) is 2.54. The number of nitrogens with two attached hydrogens (primary N) is 1. The van der Waals surface area contributed by atoms with Gasteiger partial charge in [-0.1, -0.05) is 6.07 Å². The van der Waals surface area contributed by atoms with Crippen LogP contribution < -0.4 is 5.73 Å². The fourth-order valence-corrected chi connectivity index (χ4v) is 1.34. The van der Waals surface area contributed by atoms with E-state index in [-0.39, 0.29) is 5.82 Å². The van der Waals surface area contributed by atoms with E-state index in [1.54, 1.807) is 18.2 Å². The fraction of sp³-hybridized carbons (Fsp3) is 0.0909. The van der Waals surface area contributed by atoms with Crippen molar-refractivity contribution >= 4 is 0 Å². The first-order valence-corrected chi connectivity index (χ1v) is 4.32. The van der Waals surface area contributed by atoms with Gasteiger partial charge in [-0.25, -0.2) is 4.39 Å². The van der Waals surface area contributed by atoms with Gasteiger partial charge in [0.2, 0.25) is 0 Å². The van der Waals surface area contributed by atoms with Gasteiger partial charge in [0.05, 0.1) is 12.5 Å². The molecule has 0 atom stereocenters. The Morgan fingerprint density at radius 1 is 1.29 bits per heavy atom. The first-order chi connectivity index (χ1) is 6.81. The third-order valence-electron chi connectivity index (χ3n) is 2.10. The summed E-state index contributed by atoms with van der Waals surface area (Å²) in [7, 11) is 0. The van der Waals surface area contributed by atoms with E-state index in [0.29, 0.717) is 12.1 Å². The molecule has 1 heterocycles. The van der Waals surface area contributed by atoms with Crippen molar-refractivity contribution in [2.75, 3.05) is 0 Å². The van der Waals surface area contributed by atoms with E-state index in [1.807, 2.05) is 0 Å². The minimum Gasteiger partial charge on any atom is -0.472 e. The van der Waals surface area contributed by atoms with E-state index in [2.05, 4.69) is 0 Å². The number of hydrogen-bond acceptors (Lipinski definition) is 2. The van der Waals surface area contributed by atoms with Crippen molar-refractivity contribution < 1.29 is 8.81 Å². The molecule has 1 aromatic heterocycles. The molecule has 72 valence electrons. The van der Waals surface area contributed by atoms with Gasteiger partial charge in [0, 0.05) is 17.7 Å². The summed E-state index contributed by atoms with van der Waals surface area (Å²) >= 11 is 0. The molecule has 2 rings (SSSR count). The van der Waals surface area contributed by atoms with Crippen LogP contribution >= 0.6 is 0 Å². The average Bonchev–Trinajstić information content (AvgIpc) is 2.71. The van der Waals surface area contributed by atoms with Crippen molar-refractivity contribution in [1.82, 2.24) is 0 Å². The third kappa shape index (κ3) is 1.54. The molecule has 2 nitrogen and oxygen atoms in total. The van der Waals surface area contributed by atoms with Crippen LogP contribution in [0.15, 0.2) is 41.2 Å². The summed E-state index contributed by atoms with van der Waals surface area (Å²) in [6.45, 7) is 0.408. The quantitative estimate of drug-likeness (QED) is 0.792. The molecule has 0 spiro atoms. The number of benzene rings is 1. The topological polar surface area (TPSA) is 39.2 Å². The van der Waals surface area contributed by atoms with Crippen molar-refractivity contribution in [3.63, 3.8) is 0 Å². The van der Waals surface area contributed by atoms with Crippen LogP contribution in [0.3, 0.4) is 0 Å². The van der Waals surface area contributed by atoms with Crippen LogP contribution in [0.5, 0.6) is 0 Å². The van der Waals surface area contributed by atoms with Crippen molar-refractivity contribution in [1.29, 1.82) is 0 Å². The molecule has 2 aromatic rings. The lowest BCUT2D eigenvalue weighted by Crippen LogP contribution is -1.97. The summed E-state index contributed by atoms with van der Waals surface area (Å²) in [5.41, 5.74) is 7.64. The van der Waals surface area contributed by atoms with Crippen molar-refractivity contribution in [3.05, 3.63) is 48.2 Å². The zero-order valence-electron chi connectivity index (χ0n) is 7.53. The zero-order chi connectivity index (χ0) is 9.97. The van der Waals surface area contributed by atoms with Gasteiger partial charge in [0.1, 0.15) is 5.82 Å². The summed E-state index contributed by atoms with van der Waals surface area (Å²) in [6.07, 6.45) is 3.03. The standard InChI is InChI=1S/C11H10FNO/c12-11-2-1-8(6-13)5-10(11)9-3-4-14-7-9/h1-5,7H,6,13H2. The Labute approximate surface area is 81.2 Å². The Balaban J connectivity index is 2.51. The molecule has 2 N–H and O–H groups in total. The molecular weight excluding hydrogens is 181 g/mol. The molecular formula is C11H10FNO. The lowest BCUT2D eigenvalue weighted by molar-refractivity contribution is 0.567. The van der Waals surface area contributed by atoms with Crippen LogP contribution in [0, 0.1) is 5.82 Å². The molecule has 0 aliphatic rings. The van der Waals surface area contributed by atoms with Crippen LogP contribution in [0.2, 0.25) is 0 Å². The maximum absolute atomic E-state index is 13.4. The average molecular weight is 191 g/mol. The first-order valence-electron chi connectivity index (χ1n) is 4.32. The van der Waals surface area contributed by atoms with Crippen LogP contribution in [-0.4, -0.2) is 0 Å². The molecule has 0 unspecified atom stereocenters. The second-order valence-electron chi connectivity index (χ2n) is 3.03. The summed E-state index contributed by atoms with van der Waals surface area (Å²) in [6, 6.07) is 6.56. The molecule has 14 heavy (non-hydrogen) atoms. The van der Waals surface area contributed by atoms with Crippen molar-refractivity contribution in [3.8, 4) is 11.1 Å². The zero-order valence-corrected chi connectivity index (χ0v) is 7.53. The predicted molar refractivity (Wildman–Crippen MR) is 52.0 cm³/mol. The van der Waals surface area contributed by atoms with Gasteiger partial charge in [-0.2, -0.15) is 0 Å². The van der Waals surface area contributed by atoms with E-state index in [0.717, 1.165) is 11.1 Å². The molecule has 0 aliphatic heterocycles. The van der Waals surface area contributed by atoms with E-state index in [9.17, 15) is 4.39 Å². The summed E-state index contributed by atoms with van der Waals surface area (Å²) in [5, 5.41) is 0. The highest BCUT2D eigenvalue weighted by Gasteiger charge is 2.06. The van der Waals surface area contributed by atoms with E-state index in [1.165, 1.54) is 18.6 Å². The second kappa shape index (κ2) is 3.64. The summed E-state index contributed by atoms with van der Waals surface area (Å²) in [5.74, 6) is -0.261. The monoisotopic (exact) mass is 191 g/mol. The van der Waals surface area contributed by atoms with Crippen LogP contribution in [0.25, 0.3) is 11.1 Å². The Morgan fingerprint density at radius 2 is 2.14 bits per heavy atom.